The SMILES string of the molecule is Cc1nn(C)c(C)c1C(C)Nc1cccc(Cl)n1. The molecule has 1 atom stereocenters. The van der Waals surface area contributed by atoms with Crippen molar-refractivity contribution in [2.24, 2.45) is 7.05 Å². The van der Waals surface area contributed by atoms with Crippen LogP contribution in [0.4, 0.5) is 5.82 Å². The van der Waals surface area contributed by atoms with Gasteiger partial charge in [0, 0.05) is 18.3 Å². The van der Waals surface area contributed by atoms with Crippen molar-refractivity contribution in [2.45, 2.75) is 26.8 Å². The average molecular weight is 265 g/mol. The summed E-state index contributed by atoms with van der Waals surface area (Å²) < 4.78 is 1.90. The highest BCUT2D eigenvalue weighted by Crippen LogP contribution is 2.24. The summed E-state index contributed by atoms with van der Waals surface area (Å²) in [5.41, 5.74) is 3.41. The third kappa shape index (κ3) is 2.48. The molecule has 96 valence electrons. The molecular formula is C13H17ClN4. The molecule has 0 amide bonds. The van der Waals surface area contributed by atoms with Crippen molar-refractivity contribution in [1.29, 1.82) is 0 Å². The average Bonchev–Trinajstić information content (AvgIpc) is 2.53. The Labute approximate surface area is 112 Å². The maximum atomic E-state index is 5.87. The van der Waals surface area contributed by atoms with E-state index < -0.39 is 0 Å². The van der Waals surface area contributed by atoms with E-state index >= 15 is 0 Å². The fourth-order valence-electron chi connectivity index (χ4n) is 2.20. The van der Waals surface area contributed by atoms with E-state index in [0.717, 1.165) is 17.2 Å². The van der Waals surface area contributed by atoms with Crippen LogP contribution in [0.1, 0.15) is 29.9 Å². The fraction of sp³-hybridized carbons (Fsp3) is 0.385. The smallest absolute Gasteiger partial charge is 0.131 e. The molecule has 2 heterocycles. The number of pyridine rings is 1. The minimum atomic E-state index is 0.143. The van der Waals surface area contributed by atoms with Gasteiger partial charge in [-0.05, 0) is 32.9 Å². The number of anilines is 1. The van der Waals surface area contributed by atoms with E-state index in [1.165, 1.54) is 5.56 Å². The minimum Gasteiger partial charge on any atom is -0.363 e. The van der Waals surface area contributed by atoms with Crippen LogP contribution in [0, 0.1) is 13.8 Å². The van der Waals surface area contributed by atoms with Gasteiger partial charge in [0.15, 0.2) is 0 Å². The topological polar surface area (TPSA) is 42.7 Å². The standard InChI is InChI=1S/C13H17ClN4/c1-8(13-9(2)17-18(4)10(13)3)15-12-7-5-6-11(14)16-12/h5-8H,1-4H3,(H,15,16). The Hall–Kier alpha value is -1.55. The maximum absolute atomic E-state index is 5.87. The highest BCUT2D eigenvalue weighted by atomic mass is 35.5. The number of aryl methyl sites for hydroxylation is 2. The van der Waals surface area contributed by atoms with Crippen LogP contribution in [0.5, 0.6) is 0 Å². The molecule has 0 aromatic carbocycles. The summed E-state index contributed by atoms with van der Waals surface area (Å²) in [6.45, 7) is 6.18. The monoisotopic (exact) mass is 264 g/mol. The molecule has 2 aromatic heterocycles. The summed E-state index contributed by atoms with van der Waals surface area (Å²) in [6.07, 6.45) is 0. The van der Waals surface area contributed by atoms with Gasteiger partial charge in [0.05, 0.1) is 11.7 Å². The number of halogens is 1. The summed E-state index contributed by atoms with van der Waals surface area (Å²) in [5, 5.41) is 8.26. The van der Waals surface area contributed by atoms with Crippen molar-refractivity contribution in [1.82, 2.24) is 14.8 Å². The molecule has 0 spiro atoms. The van der Waals surface area contributed by atoms with Gasteiger partial charge in [0.1, 0.15) is 11.0 Å². The maximum Gasteiger partial charge on any atom is 0.131 e. The van der Waals surface area contributed by atoms with Crippen LogP contribution in [0.3, 0.4) is 0 Å². The van der Waals surface area contributed by atoms with E-state index in [0.29, 0.717) is 5.15 Å². The molecule has 2 rings (SSSR count). The molecule has 0 bridgehead atoms. The van der Waals surface area contributed by atoms with Crippen LogP contribution >= 0.6 is 11.6 Å². The summed E-state index contributed by atoms with van der Waals surface area (Å²) in [6, 6.07) is 5.69. The van der Waals surface area contributed by atoms with Crippen molar-refractivity contribution in [3.8, 4) is 0 Å². The number of aromatic nitrogens is 3. The molecule has 0 saturated heterocycles. The molecular weight excluding hydrogens is 248 g/mol. The van der Waals surface area contributed by atoms with E-state index in [2.05, 4.69) is 29.2 Å². The van der Waals surface area contributed by atoms with Gasteiger partial charge in [-0.15, -0.1) is 0 Å². The molecule has 0 saturated carbocycles. The number of hydrogen-bond donors (Lipinski definition) is 1. The Morgan fingerprint density at radius 2 is 2.06 bits per heavy atom. The third-order valence-corrected chi connectivity index (χ3v) is 3.29. The molecule has 1 N–H and O–H groups in total. The molecule has 2 aromatic rings. The highest BCUT2D eigenvalue weighted by molar-refractivity contribution is 6.29. The lowest BCUT2D eigenvalue weighted by Gasteiger charge is -2.15. The summed E-state index contributed by atoms with van der Waals surface area (Å²) in [4.78, 5) is 4.23. The lowest BCUT2D eigenvalue weighted by molar-refractivity contribution is 0.728. The summed E-state index contributed by atoms with van der Waals surface area (Å²) >= 11 is 5.87. The van der Waals surface area contributed by atoms with Crippen LogP contribution in [-0.2, 0) is 7.05 Å². The third-order valence-electron chi connectivity index (χ3n) is 3.08. The largest absolute Gasteiger partial charge is 0.363 e. The van der Waals surface area contributed by atoms with E-state index in [1.807, 2.05) is 30.8 Å². The van der Waals surface area contributed by atoms with Crippen molar-refractivity contribution in [2.75, 3.05) is 5.32 Å². The zero-order chi connectivity index (χ0) is 13.3. The lowest BCUT2D eigenvalue weighted by Crippen LogP contribution is -2.10. The van der Waals surface area contributed by atoms with Crippen LogP contribution in [-0.4, -0.2) is 14.8 Å². The summed E-state index contributed by atoms with van der Waals surface area (Å²) in [5.74, 6) is 0.776. The number of rotatable bonds is 3. The van der Waals surface area contributed by atoms with E-state index in [9.17, 15) is 0 Å². The Morgan fingerprint density at radius 1 is 1.33 bits per heavy atom. The molecule has 0 aliphatic rings. The van der Waals surface area contributed by atoms with Gasteiger partial charge in [-0.1, -0.05) is 17.7 Å². The predicted molar refractivity (Wildman–Crippen MR) is 74.0 cm³/mol. The lowest BCUT2D eigenvalue weighted by atomic mass is 10.1. The molecule has 0 aliphatic carbocycles. The number of nitrogens with one attached hydrogen (secondary N) is 1. The quantitative estimate of drug-likeness (QED) is 0.866. The molecule has 4 nitrogen and oxygen atoms in total. The molecule has 1 unspecified atom stereocenters. The molecule has 0 radical (unpaired) electrons. The number of hydrogen-bond acceptors (Lipinski definition) is 3. The van der Waals surface area contributed by atoms with Crippen LogP contribution in [0.2, 0.25) is 5.15 Å². The van der Waals surface area contributed by atoms with Gasteiger partial charge in [-0.25, -0.2) is 4.98 Å². The molecule has 18 heavy (non-hydrogen) atoms. The second kappa shape index (κ2) is 4.98. The fourth-order valence-corrected chi connectivity index (χ4v) is 2.36. The van der Waals surface area contributed by atoms with Crippen molar-refractivity contribution in [3.05, 3.63) is 40.3 Å². The van der Waals surface area contributed by atoms with Gasteiger partial charge in [-0.2, -0.15) is 5.10 Å². The first kappa shape index (κ1) is 12.9. The van der Waals surface area contributed by atoms with Gasteiger partial charge >= 0.3 is 0 Å². The van der Waals surface area contributed by atoms with Crippen molar-refractivity contribution >= 4 is 17.4 Å². The first-order valence-electron chi connectivity index (χ1n) is 5.88. The van der Waals surface area contributed by atoms with E-state index in [-0.39, 0.29) is 6.04 Å². The Balaban J connectivity index is 2.24. The van der Waals surface area contributed by atoms with Gasteiger partial charge in [0.2, 0.25) is 0 Å². The zero-order valence-electron chi connectivity index (χ0n) is 11.0. The van der Waals surface area contributed by atoms with Crippen LogP contribution in [0.25, 0.3) is 0 Å². The highest BCUT2D eigenvalue weighted by Gasteiger charge is 2.16. The second-order valence-corrected chi connectivity index (χ2v) is 4.81. The van der Waals surface area contributed by atoms with Crippen molar-refractivity contribution < 1.29 is 0 Å². The molecule has 5 heteroatoms. The van der Waals surface area contributed by atoms with E-state index in [1.54, 1.807) is 6.07 Å². The van der Waals surface area contributed by atoms with Crippen LogP contribution < -0.4 is 5.32 Å². The Bertz CT molecular complexity index is 562. The normalized spacial score (nSPS) is 12.5. The predicted octanol–water partition coefficient (Wildman–Crippen LogP) is 3.26. The Kier molecular flexibility index (Phi) is 3.57. The Morgan fingerprint density at radius 3 is 2.61 bits per heavy atom. The van der Waals surface area contributed by atoms with Crippen molar-refractivity contribution in [3.63, 3.8) is 0 Å². The first-order chi connectivity index (χ1) is 8.49. The van der Waals surface area contributed by atoms with Gasteiger partial charge in [0.25, 0.3) is 0 Å². The van der Waals surface area contributed by atoms with Gasteiger partial charge < -0.3 is 5.32 Å². The van der Waals surface area contributed by atoms with E-state index in [4.69, 9.17) is 11.6 Å². The van der Waals surface area contributed by atoms with Crippen LogP contribution in [0.15, 0.2) is 18.2 Å². The second-order valence-electron chi connectivity index (χ2n) is 4.42. The van der Waals surface area contributed by atoms with Gasteiger partial charge in [-0.3, -0.25) is 4.68 Å². The first-order valence-corrected chi connectivity index (χ1v) is 6.26. The number of nitrogens with zero attached hydrogens (tertiary/aromatic N) is 3. The zero-order valence-corrected chi connectivity index (χ0v) is 11.8. The molecule has 0 aliphatic heterocycles. The minimum absolute atomic E-state index is 0.143. The molecule has 0 fully saturated rings. The summed E-state index contributed by atoms with van der Waals surface area (Å²) in [7, 11) is 1.95.